The zero-order valence-corrected chi connectivity index (χ0v) is 17.1. The smallest absolute Gasteiger partial charge is 0.304 e. The van der Waals surface area contributed by atoms with Crippen molar-refractivity contribution in [2.24, 2.45) is 0 Å². The van der Waals surface area contributed by atoms with Gasteiger partial charge in [0.05, 0.1) is 12.8 Å². The number of hydrogen-bond donors (Lipinski definition) is 0. The number of hydrogen-bond acceptors (Lipinski definition) is 4. The molecule has 2 rings (SSSR count). The van der Waals surface area contributed by atoms with E-state index in [1.165, 1.54) is 31.1 Å². The van der Waals surface area contributed by atoms with E-state index >= 15 is 0 Å². The summed E-state index contributed by atoms with van der Waals surface area (Å²) in [4.78, 5) is 14.1. The van der Waals surface area contributed by atoms with Crippen LogP contribution >= 0.6 is 0 Å². The molecule has 0 radical (unpaired) electrons. The van der Waals surface area contributed by atoms with Crippen LogP contribution in [0.15, 0.2) is 48.5 Å². The molecule has 0 bridgehead atoms. The third-order valence-corrected chi connectivity index (χ3v) is 5.96. The first-order chi connectivity index (χ1) is 13.1. The van der Waals surface area contributed by atoms with E-state index in [4.69, 9.17) is 4.74 Å². The number of rotatable bonds is 8. The van der Waals surface area contributed by atoms with Gasteiger partial charge in [0.25, 0.3) is 0 Å². The lowest BCUT2D eigenvalue weighted by molar-refractivity contribution is -0.128. The van der Waals surface area contributed by atoms with Gasteiger partial charge in [-0.25, -0.2) is 8.70 Å². The van der Waals surface area contributed by atoms with E-state index in [1.807, 2.05) is 12.1 Å². The molecule has 28 heavy (non-hydrogen) atoms. The summed E-state index contributed by atoms with van der Waals surface area (Å²) < 4.78 is 45.7. The molecule has 9 heteroatoms. The Morgan fingerprint density at radius 3 is 2.07 bits per heavy atom. The molecule has 0 aliphatic rings. The Morgan fingerprint density at radius 2 is 1.57 bits per heavy atom. The van der Waals surface area contributed by atoms with E-state index in [0.29, 0.717) is 12.3 Å². The number of halogens is 1. The summed E-state index contributed by atoms with van der Waals surface area (Å²) in [6.45, 7) is -0.0963. The maximum atomic E-state index is 13.2. The van der Waals surface area contributed by atoms with Crippen LogP contribution in [0.5, 0.6) is 5.75 Å². The van der Waals surface area contributed by atoms with E-state index in [0.717, 1.165) is 26.3 Å². The number of likely N-dealkylation sites (N-methyl/N-ethyl adjacent to an activating group) is 1. The summed E-state index contributed by atoms with van der Waals surface area (Å²) in [7, 11) is 1.97. The molecule has 0 saturated heterocycles. The van der Waals surface area contributed by atoms with E-state index in [-0.39, 0.29) is 5.69 Å². The third kappa shape index (κ3) is 5.20. The van der Waals surface area contributed by atoms with Gasteiger partial charge in [0.15, 0.2) is 0 Å². The van der Waals surface area contributed by atoms with Crippen molar-refractivity contribution in [1.82, 2.24) is 9.21 Å². The van der Waals surface area contributed by atoms with Gasteiger partial charge < -0.3 is 9.64 Å². The molecule has 152 valence electrons. The monoisotopic (exact) mass is 409 g/mol. The average molecular weight is 409 g/mol. The van der Waals surface area contributed by atoms with Crippen LogP contribution in [0, 0.1) is 5.82 Å². The fourth-order valence-corrected chi connectivity index (χ4v) is 3.50. The molecule has 0 N–H and O–H groups in total. The largest absolute Gasteiger partial charge is 0.497 e. The number of nitrogens with zero attached hydrogens (tertiary/aromatic N) is 3. The van der Waals surface area contributed by atoms with Crippen molar-refractivity contribution in [1.29, 1.82) is 0 Å². The average Bonchev–Trinajstić information content (AvgIpc) is 2.67. The van der Waals surface area contributed by atoms with Crippen LogP contribution in [0.25, 0.3) is 0 Å². The number of anilines is 1. The molecule has 0 unspecified atom stereocenters. The second kappa shape index (κ2) is 9.03. The molecule has 2 aromatic rings. The van der Waals surface area contributed by atoms with Gasteiger partial charge in [-0.05, 0) is 42.0 Å². The first-order valence-electron chi connectivity index (χ1n) is 8.48. The summed E-state index contributed by atoms with van der Waals surface area (Å²) in [5.74, 6) is -0.184. The van der Waals surface area contributed by atoms with Gasteiger partial charge in [-0.3, -0.25) is 4.79 Å². The Balaban J connectivity index is 2.19. The zero-order chi connectivity index (χ0) is 20.9. The second-order valence-corrected chi connectivity index (χ2v) is 8.44. The highest BCUT2D eigenvalue weighted by molar-refractivity contribution is 7.90. The molecule has 0 aromatic heterocycles. The van der Waals surface area contributed by atoms with Crippen LogP contribution in [0.4, 0.5) is 10.1 Å². The molecule has 2 aromatic carbocycles. The molecule has 1 amide bonds. The van der Waals surface area contributed by atoms with Gasteiger partial charge in [0.2, 0.25) is 5.91 Å². The molecule has 0 spiro atoms. The molecule has 0 aliphatic heterocycles. The minimum Gasteiger partial charge on any atom is -0.497 e. The number of carbonyl (C=O) groups is 1. The van der Waals surface area contributed by atoms with Crippen molar-refractivity contribution in [3.8, 4) is 5.75 Å². The molecule has 0 saturated carbocycles. The van der Waals surface area contributed by atoms with E-state index < -0.39 is 28.5 Å². The minimum absolute atomic E-state index is 0.210. The third-order valence-electron chi connectivity index (χ3n) is 4.14. The summed E-state index contributed by atoms with van der Waals surface area (Å²) in [5, 5.41) is 0. The fraction of sp³-hybridized carbons (Fsp3) is 0.316. The first kappa shape index (κ1) is 21.6. The topological polar surface area (TPSA) is 70.2 Å². The highest BCUT2D eigenvalue weighted by atomic mass is 32.2. The van der Waals surface area contributed by atoms with Crippen molar-refractivity contribution in [3.05, 3.63) is 59.9 Å². The van der Waals surface area contributed by atoms with Crippen LogP contribution < -0.4 is 9.04 Å². The van der Waals surface area contributed by atoms with Crippen LogP contribution in [0.2, 0.25) is 0 Å². The highest BCUT2D eigenvalue weighted by Gasteiger charge is 2.28. The standard InChI is InChI=1S/C19H24FN3O4S/c1-21(2)28(25,26)23(17-9-7-16(20)8-10-17)14-19(24)22(3)13-15-5-11-18(27-4)12-6-15/h5-12H,13-14H2,1-4H3. The Morgan fingerprint density at radius 1 is 1.00 bits per heavy atom. The van der Waals surface area contributed by atoms with Crippen molar-refractivity contribution in [3.63, 3.8) is 0 Å². The lowest BCUT2D eigenvalue weighted by Gasteiger charge is -2.28. The van der Waals surface area contributed by atoms with Crippen molar-refractivity contribution < 1.29 is 22.3 Å². The number of amides is 1. The highest BCUT2D eigenvalue weighted by Crippen LogP contribution is 2.20. The van der Waals surface area contributed by atoms with Crippen LogP contribution in [0.3, 0.4) is 0 Å². The van der Waals surface area contributed by atoms with Crippen LogP contribution in [0.1, 0.15) is 5.56 Å². The quantitative estimate of drug-likeness (QED) is 0.670. The molecular weight excluding hydrogens is 385 g/mol. The van der Waals surface area contributed by atoms with E-state index in [2.05, 4.69) is 0 Å². The van der Waals surface area contributed by atoms with Crippen molar-refractivity contribution >= 4 is 21.8 Å². The lowest BCUT2D eigenvalue weighted by Crippen LogP contribution is -2.46. The lowest BCUT2D eigenvalue weighted by atomic mass is 10.2. The molecule has 0 heterocycles. The Bertz CT molecular complexity index is 900. The second-order valence-electron chi connectivity index (χ2n) is 6.37. The number of carbonyl (C=O) groups excluding carboxylic acids is 1. The Kier molecular flexibility index (Phi) is 6.98. The Hall–Kier alpha value is -2.65. The summed E-state index contributed by atoms with van der Waals surface area (Å²) in [5.41, 5.74) is 1.08. The van der Waals surface area contributed by atoms with Crippen LogP contribution in [-0.4, -0.2) is 58.3 Å². The van der Waals surface area contributed by atoms with Gasteiger partial charge in [0, 0.05) is 27.7 Å². The zero-order valence-electron chi connectivity index (χ0n) is 16.3. The fourth-order valence-electron chi connectivity index (χ4n) is 2.45. The maximum Gasteiger partial charge on any atom is 0.304 e. The van der Waals surface area contributed by atoms with Gasteiger partial charge in [-0.1, -0.05) is 12.1 Å². The van der Waals surface area contributed by atoms with E-state index in [9.17, 15) is 17.6 Å². The molecular formula is C19H24FN3O4S. The summed E-state index contributed by atoms with van der Waals surface area (Å²) in [6.07, 6.45) is 0. The molecule has 0 aliphatic carbocycles. The maximum absolute atomic E-state index is 13.2. The predicted octanol–water partition coefficient (Wildman–Crippen LogP) is 2.11. The molecule has 7 nitrogen and oxygen atoms in total. The van der Waals surface area contributed by atoms with Gasteiger partial charge >= 0.3 is 10.2 Å². The summed E-state index contributed by atoms with van der Waals surface area (Å²) in [6, 6.07) is 12.2. The van der Waals surface area contributed by atoms with Crippen LogP contribution in [-0.2, 0) is 21.5 Å². The SMILES string of the molecule is COc1ccc(CN(C)C(=O)CN(c2ccc(F)cc2)S(=O)(=O)N(C)C)cc1. The minimum atomic E-state index is -3.94. The summed E-state index contributed by atoms with van der Waals surface area (Å²) >= 11 is 0. The van der Waals surface area contributed by atoms with Crippen molar-refractivity contribution in [2.45, 2.75) is 6.54 Å². The first-order valence-corrected chi connectivity index (χ1v) is 9.87. The number of methoxy groups -OCH3 is 1. The van der Waals surface area contributed by atoms with Gasteiger partial charge in [0.1, 0.15) is 18.1 Å². The molecule has 0 fully saturated rings. The number of benzene rings is 2. The number of ether oxygens (including phenoxy) is 1. The molecule has 0 atom stereocenters. The predicted molar refractivity (Wildman–Crippen MR) is 106 cm³/mol. The Labute approximate surface area is 165 Å². The normalized spacial score (nSPS) is 11.4. The van der Waals surface area contributed by atoms with E-state index in [1.54, 1.807) is 26.3 Å². The van der Waals surface area contributed by atoms with Gasteiger partial charge in [-0.2, -0.15) is 12.7 Å². The van der Waals surface area contributed by atoms with Crippen molar-refractivity contribution in [2.75, 3.05) is 39.1 Å². The van der Waals surface area contributed by atoms with Gasteiger partial charge in [-0.15, -0.1) is 0 Å².